The van der Waals surface area contributed by atoms with E-state index in [4.69, 9.17) is 4.42 Å². The number of benzene rings is 2. The largest absolute Gasteiger partial charge is 0.465 e. The number of rotatable bonds is 6. The van der Waals surface area contributed by atoms with E-state index in [1.165, 1.54) is 12.3 Å². The van der Waals surface area contributed by atoms with Crippen molar-refractivity contribution >= 4 is 17.9 Å². The fraction of sp³-hybridized carbons (Fsp3) is 0.0476. The summed E-state index contributed by atoms with van der Waals surface area (Å²) in [6.45, 7) is 0.358. The van der Waals surface area contributed by atoms with Crippen LogP contribution < -0.4 is 10.6 Å². The van der Waals surface area contributed by atoms with Crippen LogP contribution in [0.2, 0.25) is 0 Å². The minimum absolute atomic E-state index is 0.115. The molecule has 2 amide bonds. The lowest BCUT2D eigenvalue weighted by Gasteiger charge is -2.11. The van der Waals surface area contributed by atoms with Crippen molar-refractivity contribution in [2.75, 3.05) is 0 Å². The Morgan fingerprint density at radius 3 is 2.23 bits per heavy atom. The van der Waals surface area contributed by atoms with Crippen LogP contribution >= 0.6 is 0 Å². The van der Waals surface area contributed by atoms with Gasteiger partial charge in [0.2, 0.25) is 0 Å². The van der Waals surface area contributed by atoms with Crippen LogP contribution in [0.5, 0.6) is 0 Å². The molecule has 1 aromatic heterocycles. The van der Waals surface area contributed by atoms with E-state index < -0.39 is 5.91 Å². The highest BCUT2D eigenvalue weighted by Gasteiger charge is 2.15. The average Bonchev–Trinajstić information content (AvgIpc) is 3.20. The molecule has 0 unspecified atom stereocenters. The summed E-state index contributed by atoms with van der Waals surface area (Å²) in [7, 11) is 0. The van der Waals surface area contributed by atoms with Gasteiger partial charge in [0.05, 0.1) is 6.26 Å². The van der Waals surface area contributed by atoms with Crippen molar-refractivity contribution in [3.63, 3.8) is 0 Å². The molecule has 130 valence electrons. The smallest absolute Gasteiger partial charge is 0.268 e. The minimum Gasteiger partial charge on any atom is -0.465 e. The molecule has 3 rings (SSSR count). The zero-order valence-electron chi connectivity index (χ0n) is 14.0. The molecular formula is C21H18N2O3. The number of carbonyl (C=O) groups excluding carboxylic acids is 2. The molecule has 0 fully saturated rings. The van der Waals surface area contributed by atoms with E-state index >= 15 is 0 Å². The SMILES string of the molecule is O=C(NCc1ccccc1)/C(=C\c1ccco1)NC(=O)c1ccccc1. The fourth-order valence-electron chi connectivity index (χ4n) is 2.33. The molecular weight excluding hydrogens is 328 g/mol. The van der Waals surface area contributed by atoms with Gasteiger partial charge in [-0.05, 0) is 29.8 Å². The van der Waals surface area contributed by atoms with Crippen LogP contribution in [-0.4, -0.2) is 11.8 Å². The maximum Gasteiger partial charge on any atom is 0.268 e. The van der Waals surface area contributed by atoms with Gasteiger partial charge in [-0.2, -0.15) is 0 Å². The Hall–Kier alpha value is -3.60. The first-order chi connectivity index (χ1) is 12.7. The van der Waals surface area contributed by atoms with Gasteiger partial charge in [0, 0.05) is 18.2 Å². The molecule has 0 aliphatic heterocycles. The third kappa shape index (κ3) is 4.70. The minimum atomic E-state index is -0.394. The molecule has 2 aromatic carbocycles. The summed E-state index contributed by atoms with van der Waals surface area (Å²) in [5.74, 6) is -0.281. The number of amides is 2. The van der Waals surface area contributed by atoms with Gasteiger partial charge in [0.1, 0.15) is 11.5 Å². The summed E-state index contributed by atoms with van der Waals surface area (Å²) in [5, 5.41) is 5.46. The average molecular weight is 346 g/mol. The highest BCUT2D eigenvalue weighted by atomic mass is 16.3. The van der Waals surface area contributed by atoms with Crippen molar-refractivity contribution in [1.29, 1.82) is 0 Å². The Balaban J connectivity index is 1.75. The second kappa shape index (κ2) is 8.48. The predicted octanol–water partition coefficient (Wildman–Crippen LogP) is 3.37. The normalized spacial score (nSPS) is 11.0. The number of carbonyl (C=O) groups is 2. The van der Waals surface area contributed by atoms with E-state index in [-0.39, 0.29) is 11.6 Å². The van der Waals surface area contributed by atoms with Crippen molar-refractivity contribution in [2.45, 2.75) is 6.54 Å². The van der Waals surface area contributed by atoms with Crippen molar-refractivity contribution in [1.82, 2.24) is 10.6 Å². The van der Waals surface area contributed by atoms with Crippen molar-refractivity contribution in [2.24, 2.45) is 0 Å². The topological polar surface area (TPSA) is 71.3 Å². The van der Waals surface area contributed by atoms with Crippen LogP contribution in [0.4, 0.5) is 0 Å². The fourth-order valence-corrected chi connectivity index (χ4v) is 2.33. The van der Waals surface area contributed by atoms with E-state index in [9.17, 15) is 9.59 Å². The van der Waals surface area contributed by atoms with Crippen molar-refractivity contribution < 1.29 is 14.0 Å². The highest BCUT2D eigenvalue weighted by Crippen LogP contribution is 2.08. The van der Waals surface area contributed by atoms with Gasteiger partial charge in [-0.25, -0.2) is 0 Å². The Kier molecular flexibility index (Phi) is 5.62. The number of furan rings is 1. The molecule has 5 nitrogen and oxygen atoms in total. The molecule has 0 saturated heterocycles. The first kappa shape index (κ1) is 17.2. The second-order valence-electron chi connectivity index (χ2n) is 5.56. The molecule has 1 heterocycles. The van der Waals surface area contributed by atoms with E-state index in [1.54, 1.807) is 36.4 Å². The first-order valence-corrected chi connectivity index (χ1v) is 8.16. The van der Waals surface area contributed by atoms with Gasteiger partial charge in [0.25, 0.3) is 11.8 Å². The molecule has 0 saturated carbocycles. The lowest BCUT2D eigenvalue weighted by molar-refractivity contribution is -0.117. The molecule has 5 heteroatoms. The summed E-state index contributed by atoms with van der Waals surface area (Å²) in [4.78, 5) is 25.0. The van der Waals surface area contributed by atoms with Crippen LogP contribution in [0.25, 0.3) is 6.08 Å². The second-order valence-corrected chi connectivity index (χ2v) is 5.56. The van der Waals surface area contributed by atoms with Crippen molar-refractivity contribution in [3.05, 3.63) is 102 Å². The summed E-state index contributed by atoms with van der Waals surface area (Å²) >= 11 is 0. The van der Waals surface area contributed by atoms with Crippen LogP contribution in [0.1, 0.15) is 21.7 Å². The van der Waals surface area contributed by atoms with E-state index in [2.05, 4.69) is 10.6 Å². The lowest BCUT2D eigenvalue weighted by Crippen LogP contribution is -2.34. The van der Waals surface area contributed by atoms with Crippen LogP contribution in [-0.2, 0) is 11.3 Å². The van der Waals surface area contributed by atoms with Crippen molar-refractivity contribution in [3.8, 4) is 0 Å². The maximum atomic E-state index is 12.6. The molecule has 3 aromatic rings. The highest BCUT2D eigenvalue weighted by molar-refractivity contribution is 6.05. The first-order valence-electron chi connectivity index (χ1n) is 8.16. The maximum absolute atomic E-state index is 12.6. The summed E-state index contributed by atoms with van der Waals surface area (Å²) in [6, 6.07) is 21.7. The van der Waals surface area contributed by atoms with Gasteiger partial charge in [-0.15, -0.1) is 0 Å². The number of hydrogen-bond donors (Lipinski definition) is 2. The molecule has 0 bridgehead atoms. The van der Waals surface area contributed by atoms with Crippen LogP contribution in [0.3, 0.4) is 0 Å². The molecule has 2 N–H and O–H groups in total. The molecule has 26 heavy (non-hydrogen) atoms. The van der Waals surface area contributed by atoms with E-state index in [0.29, 0.717) is 17.9 Å². The Morgan fingerprint density at radius 2 is 1.58 bits per heavy atom. The van der Waals surface area contributed by atoms with Crippen LogP contribution in [0, 0.1) is 0 Å². The van der Waals surface area contributed by atoms with Gasteiger partial charge < -0.3 is 15.1 Å². The molecule has 0 aliphatic carbocycles. The quantitative estimate of drug-likeness (QED) is 0.672. The summed E-state index contributed by atoms with van der Waals surface area (Å²) < 4.78 is 5.26. The molecule has 0 atom stereocenters. The zero-order valence-corrected chi connectivity index (χ0v) is 14.0. The van der Waals surface area contributed by atoms with Gasteiger partial charge in [-0.1, -0.05) is 48.5 Å². The van der Waals surface area contributed by atoms with E-state index in [0.717, 1.165) is 5.56 Å². The standard InChI is InChI=1S/C21H18N2O3/c24-20(17-10-5-2-6-11-17)23-19(14-18-12-7-13-26-18)21(25)22-15-16-8-3-1-4-9-16/h1-14H,15H2,(H,22,25)(H,23,24)/b19-14+. The molecule has 0 spiro atoms. The van der Waals surface area contributed by atoms with Gasteiger partial charge in [0.15, 0.2) is 0 Å². The van der Waals surface area contributed by atoms with E-state index in [1.807, 2.05) is 36.4 Å². The Morgan fingerprint density at radius 1 is 0.885 bits per heavy atom. The van der Waals surface area contributed by atoms with Gasteiger partial charge >= 0.3 is 0 Å². The third-order valence-electron chi connectivity index (χ3n) is 3.65. The monoisotopic (exact) mass is 346 g/mol. The third-order valence-corrected chi connectivity index (χ3v) is 3.65. The van der Waals surface area contributed by atoms with Crippen LogP contribution in [0.15, 0.2) is 89.2 Å². The molecule has 0 radical (unpaired) electrons. The predicted molar refractivity (Wildman–Crippen MR) is 98.9 cm³/mol. The molecule has 0 aliphatic rings. The van der Waals surface area contributed by atoms with Gasteiger partial charge in [-0.3, -0.25) is 9.59 Å². The summed E-state index contributed by atoms with van der Waals surface area (Å²) in [6.07, 6.45) is 3.01. The Bertz CT molecular complexity index is 886. The zero-order chi connectivity index (χ0) is 18.2. The lowest BCUT2D eigenvalue weighted by atomic mass is 10.2. The summed E-state index contributed by atoms with van der Waals surface area (Å²) in [5.41, 5.74) is 1.55. The number of hydrogen-bond acceptors (Lipinski definition) is 3. The Labute approximate surface area is 151 Å². The number of nitrogens with one attached hydrogen (secondary N) is 2.